The number of halogens is 2. The van der Waals surface area contributed by atoms with Gasteiger partial charge in [0.1, 0.15) is 6.61 Å². The zero-order valence-corrected chi connectivity index (χ0v) is 20.0. The Labute approximate surface area is 194 Å². The predicted octanol–water partition coefficient (Wildman–Crippen LogP) is 8.44. The third kappa shape index (κ3) is 5.39. The fraction of sp³-hybridized carbons (Fsp3) is 0.724. The zero-order chi connectivity index (χ0) is 22.5. The number of ether oxygens (including phenoxy) is 1. The van der Waals surface area contributed by atoms with E-state index in [4.69, 9.17) is 4.74 Å². The third-order valence-electron chi connectivity index (χ3n) is 8.86. The first-order valence-corrected chi connectivity index (χ1v) is 13.3. The Morgan fingerprint density at radius 2 is 1.72 bits per heavy atom. The van der Waals surface area contributed by atoms with Crippen LogP contribution in [0.1, 0.15) is 95.1 Å². The number of hydrogen-bond acceptors (Lipinski definition) is 1. The second kappa shape index (κ2) is 11.2. The maximum atomic E-state index is 14.9. The van der Waals surface area contributed by atoms with Crippen LogP contribution in [0.3, 0.4) is 0 Å². The number of unbranched alkanes of at least 4 members (excludes halogenated alkanes) is 3. The maximum Gasteiger partial charge on any atom is 0.191 e. The van der Waals surface area contributed by atoms with Gasteiger partial charge in [0.2, 0.25) is 0 Å². The molecule has 1 aromatic carbocycles. The Morgan fingerprint density at radius 1 is 0.969 bits per heavy atom. The Balaban J connectivity index is 1.32. The summed E-state index contributed by atoms with van der Waals surface area (Å²) in [4.78, 5) is 0. The molecular weight excluding hydrogens is 402 g/mol. The van der Waals surface area contributed by atoms with E-state index in [9.17, 15) is 8.78 Å². The number of rotatable bonds is 9. The monoisotopic (exact) mass is 444 g/mol. The molecule has 178 valence electrons. The molecule has 1 aromatic rings. The van der Waals surface area contributed by atoms with Crippen LogP contribution in [0.4, 0.5) is 8.78 Å². The van der Waals surface area contributed by atoms with Gasteiger partial charge in [0.25, 0.3) is 0 Å². The summed E-state index contributed by atoms with van der Waals surface area (Å²) < 4.78 is 34.7. The molecule has 0 aliphatic heterocycles. The van der Waals surface area contributed by atoms with Crippen molar-refractivity contribution in [1.29, 1.82) is 0 Å². The van der Waals surface area contributed by atoms with Gasteiger partial charge in [-0.1, -0.05) is 58.1 Å². The molecule has 3 aliphatic carbocycles. The molecule has 0 N–H and O–H groups in total. The summed E-state index contributed by atoms with van der Waals surface area (Å²) in [6.45, 7) is 5.98. The minimum Gasteiger partial charge on any atom is -0.483 e. The van der Waals surface area contributed by atoms with Crippen LogP contribution < -0.4 is 4.74 Å². The van der Waals surface area contributed by atoms with E-state index < -0.39 is 11.6 Å². The van der Waals surface area contributed by atoms with Gasteiger partial charge in [-0.25, -0.2) is 8.78 Å². The van der Waals surface area contributed by atoms with Crippen molar-refractivity contribution in [2.75, 3.05) is 6.61 Å². The average molecular weight is 445 g/mol. The van der Waals surface area contributed by atoms with Crippen LogP contribution in [0.25, 0.3) is 0 Å². The first-order chi connectivity index (χ1) is 15.6. The van der Waals surface area contributed by atoms with Crippen molar-refractivity contribution >= 4 is 0 Å². The predicted molar refractivity (Wildman–Crippen MR) is 128 cm³/mol. The van der Waals surface area contributed by atoms with Crippen LogP contribution >= 0.6 is 0 Å². The van der Waals surface area contributed by atoms with Crippen molar-refractivity contribution in [1.82, 2.24) is 0 Å². The lowest BCUT2D eigenvalue weighted by atomic mass is 9.61. The van der Waals surface area contributed by atoms with Crippen molar-refractivity contribution < 1.29 is 13.5 Å². The highest BCUT2D eigenvalue weighted by atomic mass is 19.1. The van der Waals surface area contributed by atoms with Gasteiger partial charge >= 0.3 is 0 Å². The zero-order valence-electron chi connectivity index (χ0n) is 20.0. The van der Waals surface area contributed by atoms with Crippen molar-refractivity contribution in [3.63, 3.8) is 0 Å². The smallest absolute Gasteiger partial charge is 0.191 e. The minimum absolute atomic E-state index is 0.124. The van der Waals surface area contributed by atoms with Gasteiger partial charge in [0.15, 0.2) is 17.4 Å². The molecule has 0 bridgehead atoms. The molecule has 3 aliphatic rings. The quantitative estimate of drug-likeness (QED) is 0.274. The molecule has 0 aromatic heterocycles. The number of hydrogen-bond donors (Lipinski definition) is 0. The Morgan fingerprint density at radius 3 is 2.50 bits per heavy atom. The molecule has 0 radical (unpaired) electrons. The molecule has 32 heavy (non-hydrogen) atoms. The van der Waals surface area contributed by atoms with Gasteiger partial charge in [-0.3, -0.25) is 0 Å². The van der Waals surface area contributed by atoms with Crippen molar-refractivity contribution in [2.24, 2.45) is 29.6 Å². The van der Waals surface area contributed by atoms with Gasteiger partial charge in [-0.2, -0.15) is 0 Å². The SMILES string of the molecule is C=CCOc1c(F)cc2c(c1F)CCC(C1CCC3CC(CCCCCC)CCC3C1)C2. The summed E-state index contributed by atoms with van der Waals surface area (Å²) in [7, 11) is 0. The summed E-state index contributed by atoms with van der Waals surface area (Å²) >= 11 is 0. The highest BCUT2D eigenvalue weighted by Gasteiger charge is 2.39. The normalized spacial score (nSPS) is 29.8. The van der Waals surface area contributed by atoms with E-state index in [-0.39, 0.29) is 12.4 Å². The molecule has 0 heterocycles. The third-order valence-corrected chi connectivity index (χ3v) is 8.86. The van der Waals surface area contributed by atoms with E-state index in [0.29, 0.717) is 17.9 Å². The van der Waals surface area contributed by atoms with Crippen LogP contribution in [0, 0.1) is 41.2 Å². The molecule has 2 fully saturated rings. The summed E-state index contributed by atoms with van der Waals surface area (Å²) in [6.07, 6.45) is 19.4. The number of benzene rings is 1. The standard InChI is InChI=1S/C29H42F2O/c1-3-5-6-7-8-20-9-10-22-17-23(12-11-21(22)16-20)24-13-14-26-25(18-24)19-27(30)29(28(26)31)32-15-4-2/h4,19-24H,2-3,5-18H2,1H3. The van der Waals surface area contributed by atoms with Crippen LogP contribution in [-0.2, 0) is 12.8 Å². The largest absolute Gasteiger partial charge is 0.483 e. The van der Waals surface area contributed by atoms with E-state index in [1.54, 1.807) is 6.07 Å². The van der Waals surface area contributed by atoms with Crippen LogP contribution in [0.5, 0.6) is 5.75 Å². The topological polar surface area (TPSA) is 9.23 Å². The lowest BCUT2D eigenvalue weighted by Gasteiger charge is -2.45. The molecule has 2 saturated carbocycles. The maximum absolute atomic E-state index is 14.9. The molecular formula is C29H42F2O. The second-order valence-corrected chi connectivity index (χ2v) is 10.9. The van der Waals surface area contributed by atoms with E-state index in [2.05, 4.69) is 13.5 Å². The van der Waals surface area contributed by atoms with Crippen molar-refractivity contribution in [3.8, 4) is 5.75 Å². The highest BCUT2D eigenvalue weighted by molar-refractivity contribution is 5.41. The summed E-state index contributed by atoms with van der Waals surface area (Å²) in [5, 5.41) is 0. The molecule has 1 nitrogen and oxygen atoms in total. The van der Waals surface area contributed by atoms with E-state index in [1.165, 1.54) is 76.7 Å². The average Bonchev–Trinajstić information content (AvgIpc) is 2.81. The molecule has 3 heteroatoms. The Hall–Kier alpha value is -1.38. The van der Waals surface area contributed by atoms with Crippen molar-refractivity contribution in [2.45, 2.75) is 96.8 Å². The fourth-order valence-electron chi connectivity index (χ4n) is 7.10. The van der Waals surface area contributed by atoms with Gasteiger partial charge in [-0.05, 0) is 98.1 Å². The molecule has 0 amide bonds. The number of fused-ring (bicyclic) bond motifs is 2. The molecule has 4 rings (SSSR count). The first-order valence-electron chi connectivity index (χ1n) is 13.3. The van der Waals surface area contributed by atoms with E-state index in [0.717, 1.165) is 42.1 Å². The Bertz CT molecular complexity index is 773. The lowest BCUT2D eigenvalue weighted by Crippen LogP contribution is -2.35. The minimum atomic E-state index is -0.565. The van der Waals surface area contributed by atoms with E-state index in [1.807, 2.05) is 0 Å². The van der Waals surface area contributed by atoms with Crippen LogP contribution in [0.15, 0.2) is 18.7 Å². The van der Waals surface area contributed by atoms with E-state index >= 15 is 0 Å². The van der Waals surface area contributed by atoms with Gasteiger partial charge < -0.3 is 4.74 Å². The molecule has 5 unspecified atom stereocenters. The summed E-state index contributed by atoms with van der Waals surface area (Å²) in [5.41, 5.74) is 1.55. The Kier molecular flexibility index (Phi) is 8.29. The van der Waals surface area contributed by atoms with Crippen LogP contribution in [-0.4, -0.2) is 6.61 Å². The summed E-state index contributed by atoms with van der Waals surface area (Å²) in [6, 6.07) is 1.54. The van der Waals surface area contributed by atoms with Gasteiger partial charge in [-0.15, -0.1) is 0 Å². The second-order valence-electron chi connectivity index (χ2n) is 10.9. The van der Waals surface area contributed by atoms with Gasteiger partial charge in [0, 0.05) is 0 Å². The fourth-order valence-corrected chi connectivity index (χ4v) is 7.10. The summed E-state index contributed by atoms with van der Waals surface area (Å²) in [5.74, 6) is 2.83. The molecule has 0 spiro atoms. The van der Waals surface area contributed by atoms with Crippen molar-refractivity contribution in [3.05, 3.63) is 41.5 Å². The molecule has 5 atom stereocenters. The highest BCUT2D eigenvalue weighted by Crippen LogP contribution is 2.49. The van der Waals surface area contributed by atoms with Crippen LogP contribution in [0.2, 0.25) is 0 Å². The lowest BCUT2D eigenvalue weighted by molar-refractivity contribution is 0.0688. The molecule has 0 saturated heterocycles. The van der Waals surface area contributed by atoms with Gasteiger partial charge in [0.05, 0.1) is 0 Å². The first kappa shape index (κ1) is 23.8.